The molecule has 0 aliphatic carbocycles. The Bertz CT molecular complexity index is 375. The van der Waals surface area contributed by atoms with Crippen molar-refractivity contribution in [2.45, 2.75) is 26.3 Å². The van der Waals surface area contributed by atoms with Crippen LogP contribution in [0.25, 0.3) is 0 Å². The van der Waals surface area contributed by atoms with Crippen molar-refractivity contribution in [3.63, 3.8) is 0 Å². The van der Waals surface area contributed by atoms with Gasteiger partial charge in [-0.05, 0) is 57.1 Å². The Hall–Kier alpha value is -1.06. The van der Waals surface area contributed by atoms with Crippen molar-refractivity contribution in [2.24, 2.45) is 0 Å². The second-order valence-electron chi connectivity index (χ2n) is 4.60. The topological polar surface area (TPSA) is 32.7 Å². The summed E-state index contributed by atoms with van der Waals surface area (Å²) in [5.41, 5.74) is 3.69. The molecule has 1 N–H and O–H groups in total. The van der Waals surface area contributed by atoms with E-state index >= 15 is 0 Å². The zero-order valence-electron chi connectivity index (χ0n) is 11.4. The number of rotatable bonds is 5. The second kappa shape index (κ2) is 6.03. The molecule has 1 rings (SSSR count). The van der Waals surface area contributed by atoms with Crippen LogP contribution in [-0.4, -0.2) is 37.8 Å². The zero-order valence-corrected chi connectivity index (χ0v) is 11.4. The first-order valence-electron chi connectivity index (χ1n) is 5.94. The number of benzene rings is 1. The minimum atomic E-state index is 0.202. The Balaban J connectivity index is 3.16. The molecular formula is C14H23NO2. The lowest BCUT2D eigenvalue weighted by molar-refractivity contribution is 0.210. The molecule has 0 aliphatic heterocycles. The van der Waals surface area contributed by atoms with Crippen LogP contribution >= 0.6 is 0 Å². The highest BCUT2D eigenvalue weighted by Gasteiger charge is 2.17. The lowest BCUT2D eigenvalue weighted by Gasteiger charge is -2.26. The van der Waals surface area contributed by atoms with Crippen LogP contribution in [0, 0.1) is 13.8 Å². The van der Waals surface area contributed by atoms with Crippen molar-refractivity contribution in [2.75, 3.05) is 27.8 Å². The molecule has 17 heavy (non-hydrogen) atoms. The molecule has 1 aromatic carbocycles. The molecular weight excluding hydrogens is 214 g/mol. The van der Waals surface area contributed by atoms with Gasteiger partial charge in [0.15, 0.2) is 0 Å². The molecule has 0 aromatic heterocycles. The fraction of sp³-hybridized carbons (Fsp3) is 0.571. The maximum absolute atomic E-state index is 9.16. The minimum absolute atomic E-state index is 0.202. The summed E-state index contributed by atoms with van der Waals surface area (Å²) in [7, 11) is 5.78. The zero-order chi connectivity index (χ0) is 13.0. The standard InChI is InChI=1S/C14H23NO2/c1-10-11(2)14(17-5)7-6-12(10)13(8-9-16)15(3)4/h6-7,13,16H,8-9H2,1-5H3. The lowest BCUT2D eigenvalue weighted by atomic mass is 9.94. The predicted molar refractivity (Wildman–Crippen MR) is 70.6 cm³/mol. The van der Waals surface area contributed by atoms with Gasteiger partial charge in [-0.3, -0.25) is 0 Å². The lowest BCUT2D eigenvalue weighted by Crippen LogP contribution is -2.22. The van der Waals surface area contributed by atoms with Crippen LogP contribution in [0.4, 0.5) is 0 Å². The highest BCUT2D eigenvalue weighted by molar-refractivity contribution is 5.44. The maximum Gasteiger partial charge on any atom is 0.122 e. The van der Waals surface area contributed by atoms with Gasteiger partial charge in [0.2, 0.25) is 0 Å². The van der Waals surface area contributed by atoms with E-state index in [0.29, 0.717) is 0 Å². The monoisotopic (exact) mass is 237 g/mol. The molecule has 96 valence electrons. The molecule has 0 fully saturated rings. The molecule has 0 spiro atoms. The molecule has 0 bridgehead atoms. The van der Waals surface area contributed by atoms with Gasteiger partial charge < -0.3 is 14.7 Å². The van der Waals surface area contributed by atoms with Crippen LogP contribution in [0.3, 0.4) is 0 Å². The van der Waals surface area contributed by atoms with E-state index in [9.17, 15) is 0 Å². The Morgan fingerprint density at radius 1 is 1.24 bits per heavy atom. The van der Waals surface area contributed by atoms with E-state index in [1.165, 1.54) is 16.7 Å². The van der Waals surface area contributed by atoms with Crippen LogP contribution in [0.5, 0.6) is 5.75 Å². The van der Waals surface area contributed by atoms with Crippen molar-refractivity contribution >= 4 is 0 Å². The van der Waals surface area contributed by atoms with Gasteiger partial charge >= 0.3 is 0 Å². The highest BCUT2D eigenvalue weighted by atomic mass is 16.5. The van der Waals surface area contributed by atoms with Gasteiger partial charge in [0.25, 0.3) is 0 Å². The van der Waals surface area contributed by atoms with Gasteiger partial charge in [-0.1, -0.05) is 6.07 Å². The molecule has 0 aliphatic rings. The van der Waals surface area contributed by atoms with Crippen LogP contribution in [0.1, 0.15) is 29.2 Å². The average Bonchev–Trinajstić information content (AvgIpc) is 2.30. The molecule has 0 saturated heterocycles. The Labute approximate surface area is 104 Å². The molecule has 0 heterocycles. The van der Waals surface area contributed by atoms with Crippen molar-refractivity contribution in [3.8, 4) is 5.75 Å². The number of aliphatic hydroxyl groups excluding tert-OH is 1. The molecule has 3 heteroatoms. The minimum Gasteiger partial charge on any atom is -0.496 e. The number of nitrogens with zero attached hydrogens (tertiary/aromatic N) is 1. The summed E-state index contributed by atoms with van der Waals surface area (Å²) in [6.45, 7) is 4.39. The van der Waals surface area contributed by atoms with Crippen LogP contribution in [0.2, 0.25) is 0 Å². The SMILES string of the molecule is COc1ccc(C(CCO)N(C)C)c(C)c1C. The van der Waals surface area contributed by atoms with Gasteiger partial charge in [0, 0.05) is 12.6 Å². The molecule has 1 aromatic rings. The van der Waals surface area contributed by atoms with Crippen molar-refractivity contribution in [1.29, 1.82) is 0 Å². The third-order valence-corrected chi connectivity index (χ3v) is 3.38. The van der Waals surface area contributed by atoms with E-state index in [4.69, 9.17) is 9.84 Å². The van der Waals surface area contributed by atoms with E-state index in [0.717, 1.165) is 12.2 Å². The Kier molecular flexibility index (Phi) is 4.97. The Morgan fingerprint density at radius 2 is 1.88 bits per heavy atom. The summed E-state index contributed by atoms with van der Waals surface area (Å²) < 4.78 is 5.32. The second-order valence-corrected chi connectivity index (χ2v) is 4.60. The van der Waals surface area contributed by atoms with Gasteiger partial charge in [-0.25, -0.2) is 0 Å². The molecule has 1 unspecified atom stereocenters. The number of hydrogen-bond donors (Lipinski definition) is 1. The van der Waals surface area contributed by atoms with Crippen LogP contribution < -0.4 is 4.74 Å². The van der Waals surface area contributed by atoms with Crippen molar-refractivity contribution in [3.05, 3.63) is 28.8 Å². The highest BCUT2D eigenvalue weighted by Crippen LogP contribution is 2.31. The third kappa shape index (κ3) is 2.99. The van der Waals surface area contributed by atoms with E-state index in [2.05, 4.69) is 24.8 Å². The largest absolute Gasteiger partial charge is 0.496 e. The number of hydrogen-bond acceptors (Lipinski definition) is 3. The first-order chi connectivity index (χ1) is 8.02. The summed E-state index contributed by atoms with van der Waals surface area (Å²) in [6, 6.07) is 4.36. The van der Waals surface area contributed by atoms with E-state index < -0.39 is 0 Å². The molecule has 0 radical (unpaired) electrons. The van der Waals surface area contributed by atoms with E-state index in [1.807, 2.05) is 20.2 Å². The maximum atomic E-state index is 9.16. The summed E-state index contributed by atoms with van der Waals surface area (Å²) in [4.78, 5) is 2.14. The average molecular weight is 237 g/mol. The summed E-state index contributed by atoms with van der Waals surface area (Å²) in [5, 5.41) is 9.16. The van der Waals surface area contributed by atoms with Gasteiger partial charge in [0.1, 0.15) is 5.75 Å². The van der Waals surface area contributed by atoms with Crippen LogP contribution in [0.15, 0.2) is 12.1 Å². The van der Waals surface area contributed by atoms with E-state index in [-0.39, 0.29) is 12.6 Å². The Morgan fingerprint density at radius 3 is 2.35 bits per heavy atom. The first-order valence-corrected chi connectivity index (χ1v) is 5.94. The third-order valence-electron chi connectivity index (χ3n) is 3.38. The smallest absolute Gasteiger partial charge is 0.122 e. The number of ether oxygens (including phenoxy) is 1. The van der Waals surface area contributed by atoms with Gasteiger partial charge in [-0.15, -0.1) is 0 Å². The summed E-state index contributed by atoms with van der Waals surface area (Å²) >= 11 is 0. The fourth-order valence-electron chi connectivity index (χ4n) is 2.21. The van der Waals surface area contributed by atoms with Crippen LogP contribution in [-0.2, 0) is 0 Å². The van der Waals surface area contributed by atoms with E-state index in [1.54, 1.807) is 7.11 Å². The molecule has 1 atom stereocenters. The van der Waals surface area contributed by atoms with Gasteiger partial charge in [-0.2, -0.15) is 0 Å². The number of aliphatic hydroxyl groups is 1. The molecule has 3 nitrogen and oxygen atoms in total. The first kappa shape index (κ1) is 14.0. The number of methoxy groups -OCH3 is 1. The summed E-state index contributed by atoms with van der Waals surface area (Å²) in [5.74, 6) is 0.924. The van der Waals surface area contributed by atoms with Crippen molar-refractivity contribution in [1.82, 2.24) is 4.90 Å². The normalized spacial score (nSPS) is 12.9. The summed E-state index contributed by atoms with van der Waals surface area (Å²) in [6.07, 6.45) is 0.750. The predicted octanol–water partition coefficient (Wildman–Crippen LogP) is 2.30. The quantitative estimate of drug-likeness (QED) is 0.853. The molecule has 0 saturated carbocycles. The molecule has 0 amide bonds. The fourth-order valence-corrected chi connectivity index (χ4v) is 2.21. The van der Waals surface area contributed by atoms with Gasteiger partial charge in [0.05, 0.1) is 7.11 Å². The van der Waals surface area contributed by atoms with Crippen molar-refractivity contribution < 1.29 is 9.84 Å².